The van der Waals surface area contributed by atoms with E-state index in [0.29, 0.717) is 18.8 Å². The first kappa shape index (κ1) is 12.5. The minimum absolute atomic E-state index is 0.194. The Labute approximate surface area is 100 Å². The Hall–Kier alpha value is -0.970. The van der Waals surface area contributed by atoms with Crippen LogP contribution < -0.4 is 0 Å². The van der Waals surface area contributed by atoms with Crippen molar-refractivity contribution < 1.29 is 18.6 Å². The highest BCUT2D eigenvalue weighted by Gasteiger charge is 2.32. The normalized spacial score (nSPS) is 29.2. The molecule has 1 fully saturated rings. The van der Waals surface area contributed by atoms with Gasteiger partial charge in [-0.15, -0.1) is 0 Å². The van der Waals surface area contributed by atoms with Gasteiger partial charge >= 0.3 is 0 Å². The van der Waals surface area contributed by atoms with Gasteiger partial charge in [0.1, 0.15) is 11.4 Å². The van der Waals surface area contributed by atoms with E-state index in [1.807, 2.05) is 13.8 Å². The molecular weight excluding hydrogens is 223 g/mol. The number of hydrogen-bond acceptors (Lipinski definition) is 3. The third-order valence-corrected chi connectivity index (χ3v) is 2.78. The molecule has 1 aliphatic heterocycles. The molecule has 0 spiro atoms. The van der Waals surface area contributed by atoms with E-state index in [1.54, 1.807) is 18.2 Å². The lowest BCUT2D eigenvalue weighted by Crippen LogP contribution is -2.46. The summed E-state index contributed by atoms with van der Waals surface area (Å²) in [5, 5.41) is 0. The molecule has 0 atom stereocenters. The highest BCUT2D eigenvalue weighted by molar-refractivity contribution is 5.16. The zero-order valence-electron chi connectivity index (χ0n) is 10.1. The van der Waals surface area contributed by atoms with Crippen LogP contribution in [-0.2, 0) is 20.8 Å². The Morgan fingerprint density at radius 1 is 1.35 bits per heavy atom. The molecule has 0 aliphatic carbocycles. The molecule has 94 valence electrons. The van der Waals surface area contributed by atoms with Crippen molar-refractivity contribution in [3.8, 4) is 0 Å². The van der Waals surface area contributed by atoms with Crippen molar-refractivity contribution in [2.24, 2.45) is 0 Å². The lowest BCUT2D eigenvalue weighted by Gasteiger charge is -2.36. The highest BCUT2D eigenvalue weighted by Crippen LogP contribution is 2.21. The van der Waals surface area contributed by atoms with E-state index < -0.39 is 5.60 Å². The van der Waals surface area contributed by atoms with Gasteiger partial charge in [-0.1, -0.05) is 18.2 Å². The summed E-state index contributed by atoms with van der Waals surface area (Å²) in [5.41, 5.74) is 0.0433. The Bertz CT molecular complexity index is 373. The molecule has 0 saturated carbocycles. The maximum atomic E-state index is 13.4. The molecule has 3 nitrogen and oxygen atoms in total. The minimum Gasteiger partial charge on any atom is -0.366 e. The van der Waals surface area contributed by atoms with Crippen LogP contribution in [0, 0.1) is 5.82 Å². The fraction of sp³-hybridized carbons (Fsp3) is 0.538. The summed E-state index contributed by atoms with van der Waals surface area (Å²) in [4.78, 5) is 0. The predicted octanol–water partition coefficient (Wildman–Crippen LogP) is 2.49. The Balaban J connectivity index is 1.92. The molecular formula is C13H17FO3. The standard InChI is InChI=1S/C13H17FO3/c1-10-15-8-13(2,9-16-10)17-7-11-5-3-4-6-12(11)14/h3-6,10H,7-9H2,1-2H3/t10-,13+. The van der Waals surface area contributed by atoms with Gasteiger partial charge in [0.25, 0.3) is 0 Å². The first-order valence-electron chi connectivity index (χ1n) is 5.70. The molecule has 0 bridgehead atoms. The number of rotatable bonds is 3. The summed E-state index contributed by atoms with van der Waals surface area (Å²) in [6, 6.07) is 6.60. The van der Waals surface area contributed by atoms with Crippen LogP contribution in [0.15, 0.2) is 24.3 Å². The first-order chi connectivity index (χ1) is 8.09. The monoisotopic (exact) mass is 240 g/mol. The molecule has 0 radical (unpaired) electrons. The molecule has 1 heterocycles. The van der Waals surface area contributed by atoms with E-state index in [-0.39, 0.29) is 18.7 Å². The van der Waals surface area contributed by atoms with E-state index in [9.17, 15) is 4.39 Å². The lowest BCUT2D eigenvalue weighted by molar-refractivity contribution is -0.256. The zero-order chi connectivity index (χ0) is 12.3. The van der Waals surface area contributed by atoms with E-state index in [2.05, 4.69) is 0 Å². The van der Waals surface area contributed by atoms with Crippen LogP contribution >= 0.6 is 0 Å². The molecule has 1 aromatic carbocycles. The summed E-state index contributed by atoms with van der Waals surface area (Å²) in [7, 11) is 0. The average Bonchev–Trinajstić information content (AvgIpc) is 2.33. The maximum Gasteiger partial charge on any atom is 0.155 e. The molecule has 0 N–H and O–H groups in total. The van der Waals surface area contributed by atoms with Crippen molar-refractivity contribution in [3.63, 3.8) is 0 Å². The fourth-order valence-electron chi connectivity index (χ4n) is 1.63. The van der Waals surface area contributed by atoms with Crippen molar-refractivity contribution in [3.05, 3.63) is 35.6 Å². The average molecular weight is 240 g/mol. The molecule has 0 unspecified atom stereocenters. The molecule has 1 aromatic rings. The summed E-state index contributed by atoms with van der Waals surface area (Å²) >= 11 is 0. The molecule has 0 amide bonds. The van der Waals surface area contributed by atoms with Gasteiger partial charge in [0, 0.05) is 5.56 Å². The molecule has 1 aliphatic rings. The van der Waals surface area contributed by atoms with Crippen molar-refractivity contribution in [1.29, 1.82) is 0 Å². The fourth-order valence-corrected chi connectivity index (χ4v) is 1.63. The van der Waals surface area contributed by atoms with Crippen LogP contribution in [-0.4, -0.2) is 25.1 Å². The van der Waals surface area contributed by atoms with Crippen molar-refractivity contribution in [1.82, 2.24) is 0 Å². The molecule has 0 aromatic heterocycles. The number of ether oxygens (including phenoxy) is 3. The van der Waals surface area contributed by atoms with Gasteiger partial charge < -0.3 is 14.2 Å². The van der Waals surface area contributed by atoms with Crippen LogP contribution in [0.3, 0.4) is 0 Å². The maximum absolute atomic E-state index is 13.4. The van der Waals surface area contributed by atoms with Gasteiger partial charge in [-0.2, -0.15) is 0 Å². The van der Waals surface area contributed by atoms with Crippen LogP contribution in [0.25, 0.3) is 0 Å². The Kier molecular flexibility index (Phi) is 3.76. The number of hydrogen-bond donors (Lipinski definition) is 0. The second-order valence-corrected chi connectivity index (χ2v) is 4.52. The number of halogens is 1. The van der Waals surface area contributed by atoms with Gasteiger partial charge in [0.2, 0.25) is 0 Å². The van der Waals surface area contributed by atoms with E-state index in [4.69, 9.17) is 14.2 Å². The van der Waals surface area contributed by atoms with E-state index in [1.165, 1.54) is 6.07 Å². The SMILES string of the molecule is C[C@H]1OC[C@@](C)(OCc2ccccc2F)CO1. The van der Waals surface area contributed by atoms with Gasteiger partial charge in [-0.3, -0.25) is 0 Å². The van der Waals surface area contributed by atoms with Crippen LogP contribution in [0.1, 0.15) is 19.4 Å². The van der Waals surface area contributed by atoms with Crippen LogP contribution in [0.4, 0.5) is 4.39 Å². The van der Waals surface area contributed by atoms with Gasteiger partial charge in [0.05, 0.1) is 19.8 Å². The van der Waals surface area contributed by atoms with Gasteiger partial charge in [0.15, 0.2) is 6.29 Å². The van der Waals surface area contributed by atoms with Crippen LogP contribution in [0.5, 0.6) is 0 Å². The van der Waals surface area contributed by atoms with E-state index >= 15 is 0 Å². The minimum atomic E-state index is -0.505. The third-order valence-electron chi connectivity index (χ3n) is 2.78. The summed E-state index contributed by atoms with van der Waals surface area (Å²) in [6.07, 6.45) is -0.194. The summed E-state index contributed by atoms with van der Waals surface area (Å²) in [6.45, 7) is 4.89. The smallest absolute Gasteiger partial charge is 0.155 e. The van der Waals surface area contributed by atoms with Crippen molar-refractivity contribution in [2.75, 3.05) is 13.2 Å². The van der Waals surface area contributed by atoms with Gasteiger partial charge in [-0.05, 0) is 19.9 Å². The molecule has 17 heavy (non-hydrogen) atoms. The Morgan fingerprint density at radius 3 is 2.65 bits per heavy atom. The number of benzene rings is 1. The van der Waals surface area contributed by atoms with Crippen molar-refractivity contribution >= 4 is 0 Å². The van der Waals surface area contributed by atoms with Gasteiger partial charge in [-0.25, -0.2) is 4.39 Å². The zero-order valence-corrected chi connectivity index (χ0v) is 10.1. The molecule has 4 heteroatoms. The first-order valence-corrected chi connectivity index (χ1v) is 5.70. The quantitative estimate of drug-likeness (QED) is 0.812. The topological polar surface area (TPSA) is 27.7 Å². The van der Waals surface area contributed by atoms with Crippen molar-refractivity contribution in [2.45, 2.75) is 32.3 Å². The second-order valence-electron chi connectivity index (χ2n) is 4.52. The van der Waals surface area contributed by atoms with Crippen LogP contribution in [0.2, 0.25) is 0 Å². The lowest BCUT2D eigenvalue weighted by atomic mass is 10.1. The second kappa shape index (κ2) is 5.12. The molecule has 1 saturated heterocycles. The summed E-state index contributed by atoms with van der Waals surface area (Å²) in [5.74, 6) is -0.248. The predicted molar refractivity (Wildman–Crippen MR) is 61.0 cm³/mol. The highest BCUT2D eigenvalue weighted by atomic mass is 19.1. The molecule has 2 rings (SSSR count). The largest absolute Gasteiger partial charge is 0.366 e. The third kappa shape index (κ3) is 3.25. The van der Waals surface area contributed by atoms with E-state index in [0.717, 1.165) is 0 Å². The Morgan fingerprint density at radius 2 is 2.00 bits per heavy atom. The summed E-state index contributed by atoms with van der Waals surface area (Å²) < 4.78 is 29.8.